The molecule has 0 spiro atoms. The molecule has 0 aliphatic heterocycles. The maximum Gasteiger partial charge on any atom is 0.297 e. The Morgan fingerprint density at radius 1 is 1.21 bits per heavy atom. The highest BCUT2D eigenvalue weighted by molar-refractivity contribution is 9.10. The van der Waals surface area contributed by atoms with E-state index in [9.17, 15) is 4.79 Å². The average molecular weight is 444 g/mol. The van der Waals surface area contributed by atoms with Crippen molar-refractivity contribution >= 4 is 27.8 Å². The molecule has 146 valence electrons. The quantitative estimate of drug-likeness (QED) is 0.530. The number of hydrogen-bond acceptors (Lipinski definition) is 4. The van der Waals surface area contributed by atoms with E-state index in [0.29, 0.717) is 23.8 Å². The highest BCUT2D eigenvalue weighted by Gasteiger charge is 2.15. The molecule has 0 unspecified atom stereocenters. The number of nitrogens with zero attached hydrogens (tertiary/aromatic N) is 3. The average Bonchev–Trinajstić information content (AvgIpc) is 2.91. The van der Waals surface area contributed by atoms with Gasteiger partial charge in [0.1, 0.15) is 0 Å². The van der Waals surface area contributed by atoms with Crippen molar-refractivity contribution in [1.82, 2.24) is 9.36 Å². The molecule has 0 N–H and O–H groups in total. The van der Waals surface area contributed by atoms with Gasteiger partial charge in [-0.25, -0.2) is 9.67 Å². The second-order valence-corrected chi connectivity index (χ2v) is 6.99. The third kappa shape index (κ3) is 3.75. The summed E-state index contributed by atoms with van der Waals surface area (Å²) in [5.74, 6) is 1.24. The molecule has 6 nitrogen and oxygen atoms in total. The van der Waals surface area contributed by atoms with Crippen LogP contribution < -0.4 is 15.0 Å². The molecule has 0 saturated heterocycles. The minimum absolute atomic E-state index is 0.167. The molecule has 0 saturated carbocycles. The van der Waals surface area contributed by atoms with Crippen molar-refractivity contribution in [2.24, 2.45) is 12.0 Å². The fourth-order valence-corrected chi connectivity index (χ4v) is 3.51. The molecule has 3 rings (SSSR count). The zero-order valence-corrected chi connectivity index (χ0v) is 17.9. The molecule has 0 aliphatic rings. The normalized spacial score (nSPS) is 11.2. The van der Waals surface area contributed by atoms with Crippen molar-refractivity contribution in [1.29, 1.82) is 0 Å². The Labute approximate surface area is 172 Å². The fraction of sp³-hybridized carbons (Fsp3) is 0.238. The largest absolute Gasteiger partial charge is 0.493 e. The number of ether oxygens (including phenoxy) is 2. The Bertz CT molecular complexity index is 1070. The molecule has 7 heteroatoms. The lowest BCUT2D eigenvalue weighted by molar-refractivity contribution is 0.309. The predicted octanol–water partition coefficient (Wildman–Crippen LogP) is 4.40. The fourth-order valence-electron chi connectivity index (χ4n) is 2.94. The molecular formula is C21H22BrN3O3. The Morgan fingerprint density at radius 2 is 1.93 bits per heavy atom. The van der Waals surface area contributed by atoms with Crippen molar-refractivity contribution in [2.75, 3.05) is 13.7 Å². The molecular weight excluding hydrogens is 422 g/mol. The van der Waals surface area contributed by atoms with Crippen LogP contribution in [-0.2, 0) is 7.05 Å². The van der Waals surface area contributed by atoms with Crippen LogP contribution in [0, 0.1) is 6.92 Å². The summed E-state index contributed by atoms with van der Waals surface area (Å²) in [6.07, 6.45) is 1.65. The number of halogens is 1. The van der Waals surface area contributed by atoms with Crippen LogP contribution in [0.2, 0.25) is 0 Å². The van der Waals surface area contributed by atoms with Crippen molar-refractivity contribution in [2.45, 2.75) is 13.8 Å². The lowest BCUT2D eigenvalue weighted by Gasteiger charge is -2.11. The molecule has 0 fully saturated rings. The highest BCUT2D eigenvalue weighted by Crippen LogP contribution is 2.36. The lowest BCUT2D eigenvalue weighted by Crippen LogP contribution is -2.19. The van der Waals surface area contributed by atoms with E-state index in [1.807, 2.05) is 63.4 Å². The summed E-state index contributed by atoms with van der Waals surface area (Å²) in [5, 5.41) is 0. The maximum absolute atomic E-state index is 12.9. The van der Waals surface area contributed by atoms with E-state index in [1.54, 1.807) is 22.7 Å². The number of rotatable bonds is 6. The second-order valence-electron chi connectivity index (χ2n) is 6.14. The van der Waals surface area contributed by atoms with Gasteiger partial charge >= 0.3 is 0 Å². The van der Waals surface area contributed by atoms with Crippen LogP contribution in [0.15, 0.2) is 56.7 Å². The first-order chi connectivity index (χ1) is 13.5. The lowest BCUT2D eigenvalue weighted by atomic mass is 10.2. The number of methoxy groups -OCH3 is 1. The zero-order chi connectivity index (χ0) is 20.3. The molecule has 28 heavy (non-hydrogen) atoms. The zero-order valence-electron chi connectivity index (χ0n) is 16.3. The van der Waals surface area contributed by atoms with Crippen molar-refractivity contribution in [3.63, 3.8) is 0 Å². The van der Waals surface area contributed by atoms with Gasteiger partial charge in [-0.15, -0.1) is 0 Å². The second kappa shape index (κ2) is 8.48. The summed E-state index contributed by atoms with van der Waals surface area (Å²) in [6, 6.07) is 13.2. The van der Waals surface area contributed by atoms with Gasteiger partial charge in [0.15, 0.2) is 17.2 Å². The standard InChI is InChI=1S/C21H22BrN3O3/c1-5-28-20-17(22)11-15(12-18(20)27-4)13-23-19-14(2)24(3)25(21(19)26)16-9-7-6-8-10-16/h6-13H,5H2,1-4H3. The van der Waals surface area contributed by atoms with E-state index in [1.165, 1.54) is 0 Å². The number of aliphatic imine (C=N–C) groups is 1. The smallest absolute Gasteiger partial charge is 0.297 e. The molecule has 0 bridgehead atoms. The van der Waals surface area contributed by atoms with Gasteiger partial charge in [0.05, 0.1) is 29.6 Å². The number of para-hydroxylation sites is 1. The van der Waals surface area contributed by atoms with Crippen LogP contribution in [0.3, 0.4) is 0 Å². The topological polar surface area (TPSA) is 57.8 Å². The van der Waals surface area contributed by atoms with E-state index in [2.05, 4.69) is 20.9 Å². The van der Waals surface area contributed by atoms with Crippen LogP contribution in [0.25, 0.3) is 5.69 Å². The van der Waals surface area contributed by atoms with E-state index >= 15 is 0 Å². The Balaban J connectivity index is 2.02. The molecule has 1 heterocycles. The maximum atomic E-state index is 12.9. The monoisotopic (exact) mass is 443 g/mol. The van der Waals surface area contributed by atoms with Crippen LogP contribution in [0.1, 0.15) is 18.2 Å². The Kier molecular flexibility index (Phi) is 6.04. The molecule has 0 amide bonds. The summed E-state index contributed by atoms with van der Waals surface area (Å²) in [6.45, 7) is 4.32. The number of aromatic nitrogens is 2. The molecule has 2 aromatic carbocycles. The van der Waals surface area contributed by atoms with Crippen molar-refractivity contribution < 1.29 is 9.47 Å². The molecule has 3 aromatic rings. The molecule has 0 aliphatic carbocycles. The van der Waals surface area contributed by atoms with Crippen molar-refractivity contribution in [3.8, 4) is 17.2 Å². The van der Waals surface area contributed by atoms with E-state index < -0.39 is 0 Å². The Morgan fingerprint density at radius 3 is 2.57 bits per heavy atom. The summed E-state index contributed by atoms with van der Waals surface area (Å²) in [5.41, 5.74) is 2.60. The number of hydrogen-bond donors (Lipinski definition) is 0. The van der Waals surface area contributed by atoms with Gasteiger partial charge in [0.25, 0.3) is 5.56 Å². The first-order valence-electron chi connectivity index (χ1n) is 8.86. The van der Waals surface area contributed by atoms with E-state index in [4.69, 9.17) is 9.47 Å². The van der Waals surface area contributed by atoms with E-state index in [0.717, 1.165) is 21.4 Å². The van der Waals surface area contributed by atoms with Gasteiger partial charge in [0.2, 0.25) is 0 Å². The van der Waals surface area contributed by atoms with Gasteiger partial charge < -0.3 is 9.47 Å². The summed E-state index contributed by atoms with van der Waals surface area (Å²) >= 11 is 3.50. The minimum atomic E-state index is -0.167. The van der Waals surface area contributed by atoms with E-state index in [-0.39, 0.29) is 5.56 Å². The summed E-state index contributed by atoms with van der Waals surface area (Å²) < 4.78 is 15.2. The molecule has 0 atom stereocenters. The third-order valence-electron chi connectivity index (χ3n) is 4.41. The molecule has 1 aromatic heterocycles. The van der Waals surface area contributed by atoms with Crippen LogP contribution in [0.4, 0.5) is 5.69 Å². The van der Waals surface area contributed by atoms with Gasteiger partial charge in [-0.05, 0) is 59.6 Å². The third-order valence-corrected chi connectivity index (χ3v) is 5.00. The van der Waals surface area contributed by atoms with Crippen LogP contribution >= 0.6 is 15.9 Å². The summed E-state index contributed by atoms with van der Waals surface area (Å²) in [7, 11) is 3.43. The van der Waals surface area contributed by atoms with Gasteiger partial charge in [-0.2, -0.15) is 0 Å². The Hall–Kier alpha value is -2.80. The predicted molar refractivity (Wildman–Crippen MR) is 115 cm³/mol. The summed E-state index contributed by atoms with van der Waals surface area (Å²) in [4.78, 5) is 17.4. The first-order valence-corrected chi connectivity index (χ1v) is 9.65. The first kappa shape index (κ1) is 19.9. The SMILES string of the molecule is CCOc1c(Br)cc(C=Nc2c(C)n(C)n(-c3ccccc3)c2=O)cc1OC. The highest BCUT2D eigenvalue weighted by atomic mass is 79.9. The van der Waals surface area contributed by atoms with Gasteiger partial charge in [-0.1, -0.05) is 18.2 Å². The molecule has 0 radical (unpaired) electrons. The number of benzene rings is 2. The minimum Gasteiger partial charge on any atom is -0.493 e. The van der Waals surface area contributed by atoms with Crippen LogP contribution in [0.5, 0.6) is 11.5 Å². The van der Waals surface area contributed by atoms with Crippen LogP contribution in [-0.4, -0.2) is 29.3 Å². The van der Waals surface area contributed by atoms with Crippen molar-refractivity contribution in [3.05, 3.63) is 68.5 Å². The van der Waals surface area contributed by atoms with Gasteiger partial charge in [0, 0.05) is 13.3 Å². The van der Waals surface area contributed by atoms with Gasteiger partial charge in [-0.3, -0.25) is 9.48 Å².